The Morgan fingerprint density at radius 1 is 0.921 bits per heavy atom. The average Bonchev–Trinajstić information content (AvgIpc) is 3.37. The number of hydrogen-bond acceptors (Lipinski definition) is 10. The highest BCUT2D eigenvalue weighted by molar-refractivity contribution is 5.87. The van der Waals surface area contributed by atoms with Gasteiger partial charge in [-0.1, -0.05) is 18.2 Å². The largest absolute Gasteiger partial charge is 0.492 e. The maximum Gasteiger partial charge on any atom is 0.229 e. The molecule has 3 aromatic rings. The Morgan fingerprint density at radius 3 is 2.47 bits per heavy atom. The zero-order valence-electron chi connectivity index (χ0n) is 21.1. The minimum Gasteiger partial charge on any atom is -0.492 e. The fraction of sp³-hybridized carbons (Fsp3) is 0.500. The number of aliphatic hydroxyl groups excluding tert-OH is 4. The summed E-state index contributed by atoms with van der Waals surface area (Å²) in [6.45, 7) is 4.44. The summed E-state index contributed by atoms with van der Waals surface area (Å²) >= 11 is 0. The molecule has 5 atom stereocenters. The van der Waals surface area contributed by atoms with Gasteiger partial charge in [-0.15, -0.1) is 0 Å². The van der Waals surface area contributed by atoms with Crippen molar-refractivity contribution in [2.75, 3.05) is 46.1 Å². The molecular weight excluding hydrogens is 494 g/mol. The molecule has 0 saturated carbocycles. The lowest BCUT2D eigenvalue weighted by atomic mass is 9.99. The van der Waals surface area contributed by atoms with E-state index in [0.717, 1.165) is 61.5 Å². The maximum absolute atomic E-state index is 10.4. The highest BCUT2D eigenvalue weighted by atomic mass is 16.7. The lowest BCUT2D eigenvalue weighted by Crippen LogP contribution is -2.60. The molecule has 2 aromatic carbocycles. The normalized spacial score (nSPS) is 26.5. The fourth-order valence-corrected chi connectivity index (χ4v) is 4.84. The Morgan fingerprint density at radius 2 is 1.71 bits per heavy atom. The SMILES string of the molecule is OC[C@H]1O[C@@H](Oc2cccc3occ(CCc4ccc(OCCN5CCOCC5)cc4)c23)[C@H](O)[C@@H](O)[C@@H]1O. The second-order valence-corrected chi connectivity index (χ2v) is 9.65. The Bertz CT molecular complexity index is 1160. The first-order valence-electron chi connectivity index (χ1n) is 13.0. The van der Waals surface area contributed by atoms with E-state index in [9.17, 15) is 20.4 Å². The van der Waals surface area contributed by atoms with Crippen LogP contribution in [0.1, 0.15) is 11.1 Å². The molecule has 2 aliphatic heterocycles. The van der Waals surface area contributed by atoms with Gasteiger partial charge < -0.3 is 43.8 Å². The second-order valence-electron chi connectivity index (χ2n) is 9.65. The fourth-order valence-electron chi connectivity index (χ4n) is 4.84. The molecule has 2 saturated heterocycles. The number of nitrogens with zero attached hydrogens (tertiary/aromatic N) is 1. The summed E-state index contributed by atoms with van der Waals surface area (Å²) in [5.74, 6) is 1.26. The van der Waals surface area contributed by atoms with Crippen molar-refractivity contribution in [2.45, 2.75) is 43.5 Å². The van der Waals surface area contributed by atoms with Crippen LogP contribution in [0, 0.1) is 0 Å². The van der Waals surface area contributed by atoms with Crippen molar-refractivity contribution in [1.29, 1.82) is 0 Å². The van der Waals surface area contributed by atoms with Crippen molar-refractivity contribution in [3.8, 4) is 11.5 Å². The number of furan rings is 1. The van der Waals surface area contributed by atoms with Crippen molar-refractivity contribution in [3.05, 3.63) is 59.9 Å². The monoisotopic (exact) mass is 529 g/mol. The van der Waals surface area contributed by atoms with E-state index < -0.39 is 37.3 Å². The van der Waals surface area contributed by atoms with Gasteiger partial charge in [-0.25, -0.2) is 0 Å². The summed E-state index contributed by atoms with van der Waals surface area (Å²) in [5.41, 5.74) is 2.68. The van der Waals surface area contributed by atoms with E-state index >= 15 is 0 Å². The molecule has 206 valence electrons. The lowest BCUT2D eigenvalue weighted by Gasteiger charge is -2.39. The molecule has 2 fully saturated rings. The molecule has 0 unspecified atom stereocenters. The number of benzene rings is 2. The van der Waals surface area contributed by atoms with E-state index in [-0.39, 0.29) is 0 Å². The predicted octanol–water partition coefficient (Wildman–Crippen LogP) is 1.11. The van der Waals surface area contributed by atoms with Gasteiger partial charge in [0.25, 0.3) is 0 Å². The molecule has 10 nitrogen and oxygen atoms in total. The zero-order valence-corrected chi connectivity index (χ0v) is 21.1. The summed E-state index contributed by atoms with van der Waals surface area (Å²) < 4.78 is 28.5. The van der Waals surface area contributed by atoms with Crippen LogP contribution in [0.4, 0.5) is 0 Å². The molecule has 0 amide bonds. The van der Waals surface area contributed by atoms with Crippen LogP contribution in [0.2, 0.25) is 0 Å². The van der Waals surface area contributed by atoms with Crippen molar-refractivity contribution in [3.63, 3.8) is 0 Å². The minimum atomic E-state index is -1.51. The zero-order chi connectivity index (χ0) is 26.5. The van der Waals surface area contributed by atoms with E-state index in [2.05, 4.69) is 17.0 Å². The summed E-state index contributed by atoms with van der Waals surface area (Å²) in [6.07, 6.45) is -3.64. The van der Waals surface area contributed by atoms with Crippen molar-refractivity contribution in [1.82, 2.24) is 4.90 Å². The van der Waals surface area contributed by atoms with Gasteiger partial charge in [0, 0.05) is 25.2 Å². The molecule has 5 rings (SSSR count). The van der Waals surface area contributed by atoms with Crippen LogP contribution in [0.3, 0.4) is 0 Å². The number of ether oxygens (including phenoxy) is 4. The number of morpholine rings is 1. The molecular formula is C28H35NO9. The Hall–Kier alpha value is -2.70. The average molecular weight is 530 g/mol. The van der Waals surface area contributed by atoms with E-state index in [0.29, 0.717) is 24.4 Å². The summed E-state index contributed by atoms with van der Waals surface area (Å²) in [7, 11) is 0. The topological polar surface area (TPSA) is 134 Å². The van der Waals surface area contributed by atoms with Gasteiger partial charge >= 0.3 is 0 Å². The summed E-state index contributed by atoms with van der Waals surface area (Å²) in [6, 6.07) is 13.4. The molecule has 10 heteroatoms. The highest BCUT2D eigenvalue weighted by Crippen LogP contribution is 2.34. The predicted molar refractivity (Wildman–Crippen MR) is 137 cm³/mol. The van der Waals surface area contributed by atoms with Crippen molar-refractivity contribution < 1.29 is 43.8 Å². The Balaban J connectivity index is 1.20. The van der Waals surface area contributed by atoms with Crippen molar-refractivity contribution >= 4 is 11.0 Å². The van der Waals surface area contributed by atoms with Crippen LogP contribution in [-0.2, 0) is 22.3 Å². The van der Waals surface area contributed by atoms with Gasteiger partial charge in [0.1, 0.15) is 48.1 Å². The highest BCUT2D eigenvalue weighted by Gasteiger charge is 2.44. The molecule has 1 aromatic heterocycles. The third-order valence-electron chi connectivity index (χ3n) is 7.12. The van der Waals surface area contributed by atoms with Crippen LogP contribution >= 0.6 is 0 Å². The van der Waals surface area contributed by atoms with E-state index in [1.165, 1.54) is 0 Å². The molecule has 0 spiro atoms. The van der Waals surface area contributed by atoms with E-state index in [4.69, 9.17) is 23.4 Å². The quantitative estimate of drug-likeness (QED) is 0.303. The second kappa shape index (κ2) is 12.4. The first-order valence-corrected chi connectivity index (χ1v) is 13.0. The number of aryl methyl sites for hydroxylation is 2. The molecule has 2 aliphatic rings. The van der Waals surface area contributed by atoms with Crippen LogP contribution < -0.4 is 9.47 Å². The summed E-state index contributed by atoms with van der Waals surface area (Å²) in [5, 5.41) is 40.7. The third-order valence-corrected chi connectivity index (χ3v) is 7.12. The Kier molecular flexibility index (Phi) is 8.80. The third kappa shape index (κ3) is 6.13. The number of rotatable bonds is 10. The minimum absolute atomic E-state index is 0.416. The first kappa shape index (κ1) is 26.9. The van der Waals surface area contributed by atoms with Gasteiger partial charge in [0.2, 0.25) is 6.29 Å². The van der Waals surface area contributed by atoms with Crippen LogP contribution in [0.15, 0.2) is 53.1 Å². The van der Waals surface area contributed by atoms with E-state index in [1.54, 1.807) is 18.4 Å². The molecule has 38 heavy (non-hydrogen) atoms. The van der Waals surface area contributed by atoms with Gasteiger partial charge in [0.15, 0.2) is 0 Å². The van der Waals surface area contributed by atoms with Gasteiger partial charge in [0.05, 0.1) is 31.5 Å². The van der Waals surface area contributed by atoms with Crippen LogP contribution in [-0.4, -0.2) is 102 Å². The number of aliphatic hydroxyl groups is 4. The first-order chi connectivity index (χ1) is 18.5. The number of fused-ring (bicyclic) bond motifs is 1. The molecule has 0 bridgehead atoms. The standard InChI is InChI=1S/C28H35NO9/c30-16-23-25(31)26(32)27(33)28(38-23)37-22-3-1-2-21-24(22)19(17-36-21)7-4-18-5-8-20(9-6-18)35-15-12-29-10-13-34-14-11-29/h1-3,5-6,8-9,17,23,25-28,30-33H,4,7,10-16H2/t23-,25-,26+,27-,28-/m1/s1. The van der Waals surface area contributed by atoms with Crippen molar-refractivity contribution in [2.24, 2.45) is 0 Å². The molecule has 3 heterocycles. The van der Waals surface area contributed by atoms with Gasteiger partial charge in [-0.2, -0.15) is 0 Å². The lowest BCUT2D eigenvalue weighted by molar-refractivity contribution is -0.277. The maximum atomic E-state index is 10.4. The van der Waals surface area contributed by atoms with Crippen LogP contribution in [0.5, 0.6) is 11.5 Å². The van der Waals surface area contributed by atoms with Gasteiger partial charge in [-0.05, 0) is 42.7 Å². The summed E-state index contributed by atoms with van der Waals surface area (Å²) in [4.78, 5) is 2.34. The number of hydrogen-bond donors (Lipinski definition) is 4. The molecule has 4 N–H and O–H groups in total. The molecule has 0 radical (unpaired) electrons. The smallest absolute Gasteiger partial charge is 0.229 e. The van der Waals surface area contributed by atoms with E-state index in [1.807, 2.05) is 18.2 Å². The Labute approximate surface area is 220 Å². The molecule has 0 aliphatic carbocycles. The van der Waals surface area contributed by atoms with Gasteiger partial charge in [-0.3, -0.25) is 4.90 Å². The van der Waals surface area contributed by atoms with Crippen LogP contribution in [0.25, 0.3) is 11.0 Å².